The summed E-state index contributed by atoms with van der Waals surface area (Å²) in [6, 6.07) is 8.32. The minimum absolute atomic E-state index is 0.0723. The fourth-order valence-electron chi connectivity index (χ4n) is 6.21. The quantitative estimate of drug-likeness (QED) is 0.312. The summed E-state index contributed by atoms with van der Waals surface area (Å²) in [5.74, 6) is -0.401. The van der Waals surface area contributed by atoms with Gasteiger partial charge in [0.1, 0.15) is 30.2 Å². The Labute approximate surface area is 252 Å². The Morgan fingerprint density at radius 3 is 2.56 bits per heavy atom. The Balaban J connectivity index is 1.07. The molecule has 0 bridgehead atoms. The summed E-state index contributed by atoms with van der Waals surface area (Å²) in [4.78, 5) is 28.0. The lowest BCUT2D eigenvalue weighted by Crippen LogP contribution is -2.48. The molecule has 232 valence electrons. The lowest BCUT2D eigenvalue weighted by atomic mass is 9.87. The molecule has 3 fully saturated rings. The summed E-state index contributed by atoms with van der Waals surface area (Å²) in [7, 11) is 0. The van der Waals surface area contributed by atoms with E-state index in [9.17, 15) is 4.79 Å². The first-order valence-corrected chi connectivity index (χ1v) is 15.3. The van der Waals surface area contributed by atoms with Gasteiger partial charge in [0.25, 0.3) is 0 Å². The summed E-state index contributed by atoms with van der Waals surface area (Å²) in [5.41, 5.74) is 9.27. The zero-order chi connectivity index (χ0) is 30.4. The molecule has 43 heavy (non-hydrogen) atoms. The molecule has 4 N–H and O–H groups in total. The number of imidazole rings is 1. The average Bonchev–Trinajstić information content (AvgIpc) is 3.57. The van der Waals surface area contributed by atoms with Gasteiger partial charge in [0, 0.05) is 31.4 Å². The highest BCUT2D eigenvalue weighted by Crippen LogP contribution is 2.44. The first-order valence-electron chi connectivity index (χ1n) is 15.3. The normalized spacial score (nSPS) is 25.2. The number of urea groups is 1. The van der Waals surface area contributed by atoms with E-state index in [4.69, 9.17) is 19.9 Å². The molecule has 4 heterocycles. The molecule has 2 aromatic heterocycles. The van der Waals surface area contributed by atoms with E-state index in [0.29, 0.717) is 36.1 Å². The third-order valence-corrected chi connectivity index (χ3v) is 8.71. The number of rotatable bonds is 9. The van der Waals surface area contributed by atoms with Gasteiger partial charge in [0.15, 0.2) is 23.5 Å². The van der Waals surface area contributed by atoms with Crippen molar-refractivity contribution in [2.45, 2.75) is 102 Å². The van der Waals surface area contributed by atoms with E-state index in [1.165, 1.54) is 18.3 Å². The predicted octanol–water partition coefficient (Wildman–Crippen LogP) is 4.19. The Morgan fingerprint density at radius 1 is 1.12 bits per heavy atom. The van der Waals surface area contributed by atoms with Crippen LogP contribution >= 0.6 is 0 Å². The molecule has 1 saturated carbocycles. The molecule has 3 aliphatic rings. The highest BCUT2D eigenvalue weighted by atomic mass is 16.8. The molecule has 0 radical (unpaired) electrons. The summed E-state index contributed by atoms with van der Waals surface area (Å²) in [6.45, 7) is 12.5. The fourth-order valence-corrected chi connectivity index (χ4v) is 6.21. The van der Waals surface area contributed by atoms with Gasteiger partial charge < -0.3 is 30.6 Å². The summed E-state index contributed by atoms with van der Waals surface area (Å²) in [5, 5.41) is 5.95. The van der Waals surface area contributed by atoms with Gasteiger partial charge in [0.2, 0.25) is 0 Å². The van der Waals surface area contributed by atoms with Crippen molar-refractivity contribution in [3.05, 3.63) is 42.5 Å². The monoisotopic (exact) mass is 592 g/mol. The highest BCUT2D eigenvalue weighted by Gasteiger charge is 2.56. The SMILES string of the molecule is CC1(C)O[C@@H]2[C@H](O1)[C@@H](CN(CCCNC(=O)Nc1ccc(C(C)(C)C)cc1)C1CCC1)O[C@H]2n1cnc2c(N)ncnc21. The third-order valence-electron chi connectivity index (χ3n) is 8.71. The van der Waals surface area contributed by atoms with E-state index in [-0.39, 0.29) is 29.8 Å². The minimum Gasteiger partial charge on any atom is -0.382 e. The van der Waals surface area contributed by atoms with Crippen molar-refractivity contribution in [3.8, 4) is 0 Å². The largest absolute Gasteiger partial charge is 0.382 e. The van der Waals surface area contributed by atoms with E-state index in [1.54, 1.807) is 6.33 Å². The van der Waals surface area contributed by atoms with Crippen LogP contribution in [0.3, 0.4) is 0 Å². The van der Waals surface area contributed by atoms with E-state index < -0.39 is 12.0 Å². The lowest BCUT2D eigenvalue weighted by Gasteiger charge is -2.39. The molecule has 1 aliphatic carbocycles. The third kappa shape index (κ3) is 6.33. The number of nitrogen functional groups attached to an aromatic ring is 1. The van der Waals surface area contributed by atoms with Crippen molar-refractivity contribution < 1.29 is 19.0 Å². The van der Waals surface area contributed by atoms with Crippen LogP contribution in [0.4, 0.5) is 16.3 Å². The van der Waals surface area contributed by atoms with Gasteiger partial charge in [-0.2, -0.15) is 0 Å². The Bertz CT molecular complexity index is 1430. The van der Waals surface area contributed by atoms with Crippen LogP contribution in [0.25, 0.3) is 11.2 Å². The van der Waals surface area contributed by atoms with E-state index in [0.717, 1.165) is 31.5 Å². The number of nitrogens with zero attached hydrogens (tertiary/aromatic N) is 5. The summed E-state index contributed by atoms with van der Waals surface area (Å²) >= 11 is 0. The minimum atomic E-state index is -0.730. The molecule has 1 aromatic carbocycles. The molecule has 0 unspecified atom stereocenters. The molecule has 2 saturated heterocycles. The summed E-state index contributed by atoms with van der Waals surface area (Å²) < 4.78 is 21.3. The van der Waals surface area contributed by atoms with Crippen LogP contribution < -0.4 is 16.4 Å². The number of carbonyl (C=O) groups is 1. The molecule has 4 atom stereocenters. The second-order valence-electron chi connectivity index (χ2n) is 13.4. The van der Waals surface area contributed by atoms with Crippen molar-refractivity contribution in [2.24, 2.45) is 0 Å². The lowest BCUT2D eigenvalue weighted by molar-refractivity contribution is -0.198. The van der Waals surface area contributed by atoms with Gasteiger partial charge in [-0.3, -0.25) is 9.47 Å². The molecule has 12 heteroatoms. The average molecular weight is 593 g/mol. The van der Waals surface area contributed by atoms with Crippen molar-refractivity contribution in [3.63, 3.8) is 0 Å². The maximum atomic E-state index is 12.6. The van der Waals surface area contributed by atoms with Gasteiger partial charge >= 0.3 is 6.03 Å². The van der Waals surface area contributed by atoms with Crippen LogP contribution in [0.15, 0.2) is 36.9 Å². The molecular formula is C31H44N8O4. The predicted molar refractivity (Wildman–Crippen MR) is 163 cm³/mol. The number of hydrogen-bond donors (Lipinski definition) is 3. The maximum Gasteiger partial charge on any atom is 0.319 e. The smallest absolute Gasteiger partial charge is 0.319 e. The molecule has 2 aliphatic heterocycles. The van der Waals surface area contributed by atoms with Gasteiger partial charge in [-0.05, 0) is 56.2 Å². The fraction of sp³-hybridized carbons (Fsp3) is 0.613. The Hall–Kier alpha value is -3.32. The first-order chi connectivity index (χ1) is 20.5. The van der Waals surface area contributed by atoms with Crippen molar-refractivity contribution in [1.82, 2.24) is 29.7 Å². The van der Waals surface area contributed by atoms with E-state index >= 15 is 0 Å². The Kier molecular flexibility index (Phi) is 8.05. The number of anilines is 2. The van der Waals surface area contributed by atoms with Gasteiger partial charge in [-0.15, -0.1) is 0 Å². The molecule has 12 nitrogen and oxygen atoms in total. The van der Waals surface area contributed by atoms with Crippen LogP contribution in [-0.4, -0.2) is 80.2 Å². The van der Waals surface area contributed by atoms with Gasteiger partial charge in [0.05, 0.1) is 6.33 Å². The standard InChI is InChI=1S/C31H44N8O4/c1-30(2,3)19-10-12-20(13-11-19)37-29(40)33-14-7-15-38(21-8-6-9-21)16-22-24-25(43-31(4,5)42-24)28(41-22)39-18-36-23-26(32)34-17-35-27(23)39/h10-13,17-18,21-22,24-25,28H,6-9,14-16H2,1-5H3,(H2,32,34,35)(H2,33,37,40)/t22-,24-,25-,28-/m1/s1. The highest BCUT2D eigenvalue weighted by molar-refractivity contribution is 5.89. The number of nitrogens with one attached hydrogen (secondary N) is 2. The Morgan fingerprint density at radius 2 is 1.86 bits per heavy atom. The molecule has 2 amide bonds. The number of benzene rings is 1. The molecule has 6 rings (SSSR count). The molecule has 0 spiro atoms. The number of ether oxygens (including phenoxy) is 3. The first kappa shape index (κ1) is 29.7. The van der Waals surface area contributed by atoms with Gasteiger partial charge in [-0.1, -0.05) is 39.3 Å². The number of nitrogens with two attached hydrogens (primary N) is 1. The topological polar surface area (TPSA) is 142 Å². The van der Waals surface area contributed by atoms with Crippen LogP contribution in [0.1, 0.15) is 72.1 Å². The van der Waals surface area contributed by atoms with Crippen LogP contribution in [-0.2, 0) is 19.6 Å². The summed E-state index contributed by atoms with van der Waals surface area (Å²) in [6.07, 6.45) is 6.27. The number of aromatic nitrogens is 4. The van der Waals surface area contributed by atoms with E-state index in [1.807, 2.05) is 30.5 Å². The zero-order valence-electron chi connectivity index (χ0n) is 25.7. The van der Waals surface area contributed by atoms with Crippen LogP contribution in [0.5, 0.6) is 0 Å². The van der Waals surface area contributed by atoms with Crippen molar-refractivity contribution in [1.29, 1.82) is 0 Å². The second-order valence-corrected chi connectivity index (χ2v) is 13.4. The number of amides is 2. The van der Waals surface area contributed by atoms with E-state index in [2.05, 4.69) is 63.4 Å². The van der Waals surface area contributed by atoms with Crippen LogP contribution in [0, 0.1) is 0 Å². The van der Waals surface area contributed by atoms with Crippen molar-refractivity contribution >= 4 is 28.7 Å². The zero-order valence-corrected chi connectivity index (χ0v) is 25.7. The van der Waals surface area contributed by atoms with Crippen LogP contribution in [0.2, 0.25) is 0 Å². The van der Waals surface area contributed by atoms with Crippen molar-refractivity contribution in [2.75, 3.05) is 30.7 Å². The number of carbonyl (C=O) groups excluding carboxylic acids is 1. The maximum absolute atomic E-state index is 12.6. The second kappa shape index (κ2) is 11.6. The molecule has 3 aromatic rings. The number of fused-ring (bicyclic) bond motifs is 2. The number of hydrogen-bond acceptors (Lipinski definition) is 9. The van der Waals surface area contributed by atoms with Gasteiger partial charge in [-0.25, -0.2) is 19.7 Å². The molecular weight excluding hydrogens is 548 g/mol.